The highest BCUT2D eigenvalue weighted by atomic mass is 15.0. The molecule has 0 saturated carbocycles. The monoisotopic (exact) mass is 697 g/mol. The number of rotatable bonds is 5. The Balaban J connectivity index is 1.12. The van der Waals surface area contributed by atoms with Gasteiger partial charge < -0.3 is 4.57 Å². The average molecular weight is 698 g/mol. The molecule has 55 heavy (non-hydrogen) atoms. The van der Waals surface area contributed by atoms with Crippen molar-refractivity contribution in [1.29, 1.82) is 0 Å². The predicted molar refractivity (Wildman–Crippen MR) is 235 cm³/mol. The molecule has 0 N–H and O–H groups in total. The van der Waals surface area contributed by atoms with Crippen LogP contribution in [0.2, 0.25) is 0 Å². The molecule has 11 rings (SSSR count). The Morgan fingerprint density at radius 1 is 0.236 bits per heavy atom. The lowest BCUT2D eigenvalue weighted by atomic mass is 9.84. The number of nitrogens with zero attached hydrogens (tertiary/aromatic N) is 1. The van der Waals surface area contributed by atoms with Crippen LogP contribution in [0.15, 0.2) is 212 Å². The summed E-state index contributed by atoms with van der Waals surface area (Å²) in [5, 5.41) is 10.0. The third-order valence-corrected chi connectivity index (χ3v) is 11.4. The zero-order valence-corrected chi connectivity index (χ0v) is 30.2. The Morgan fingerprint density at radius 3 is 1.36 bits per heavy atom. The summed E-state index contributed by atoms with van der Waals surface area (Å²) in [7, 11) is 0. The third kappa shape index (κ3) is 5.01. The van der Waals surface area contributed by atoms with Crippen LogP contribution >= 0.6 is 0 Å². The number of para-hydroxylation sites is 1. The van der Waals surface area contributed by atoms with Gasteiger partial charge in [-0.15, -0.1) is 0 Å². The third-order valence-electron chi connectivity index (χ3n) is 11.4. The summed E-state index contributed by atoms with van der Waals surface area (Å²) in [4.78, 5) is 0. The molecule has 1 nitrogen and oxygen atoms in total. The van der Waals surface area contributed by atoms with E-state index in [4.69, 9.17) is 0 Å². The zero-order valence-electron chi connectivity index (χ0n) is 30.2. The van der Waals surface area contributed by atoms with Gasteiger partial charge >= 0.3 is 0 Å². The van der Waals surface area contributed by atoms with Crippen LogP contribution in [0.25, 0.3) is 104 Å². The molecule has 0 aliphatic carbocycles. The van der Waals surface area contributed by atoms with Gasteiger partial charge in [-0.05, 0) is 95.7 Å². The van der Waals surface area contributed by atoms with Gasteiger partial charge in [-0.25, -0.2) is 0 Å². The maximum Gasteiger partial charge on any atom is 0.0541 e. The minimum atomic E-state index is 1.18. The Kier molecular flexibility index (Phi) is 7.25. The second-order valence-corrected chi connectivity index (χ2v) is 14.4. The Labute approximate surface area is 320 Å². The van der Waals surface area contributed by atoms with Crippen molar-refractivity contribution >= 4 is 54.1 Å². The topological polar surface area (TPSA) is 4.93 Å². The standard InChI is InChI=1S/C54H35N/c1-3-15-36(16-4-1)37-29-31-38(32-30-37)40-33-34-52-49(35-40)43-19-11-12-27-50(43)55(52)51-28-14-24-41-42(51)25-13-26-44(41)54-47-22-9-7-20-45(47)53(39-17-5-2-6-18-39)46-21-8-10-23-48(46)54/h1-35H. The molecule has 0 amide bonds. The molecular formula is C54H35N. The van der Waals surface area contributed by atoms with Gasteiger partial charge in [-0.3, -0.25) is 0 Å². The van der Waals surface area contributed by atoms with Crippen LogP contribution in [-0.2, 0) is 0 Å². The second-order valence-electron chi connectivity index (χ2n) is 14.4. The Hall–Kier alpha value is -7.22. The van der Waals surface area contributed by atoms with Crippen LogP contribution in [-0.4, -0.2) is 4.57 Å². The van der Waals surface area contributed by atoms with E-state index < -0.39 is 0 Å². The number of aromatic nitrogens is 1. The molecule has 0 aliphatic rings. The van der Waals surface area contributed by atoms with E-state index in [-0.39, 0.29) is 0 Å². The highest BCUT2D eigenvalue weighted by Gasteiger charge is 2.20. The van der Waals surface area contributed by atoms with Crippen LogP contribution in [0.4, 0.5) is 0 Å². The van der Waals surface area contributed by atoms with Crippen molar-refractivity contribution in [3.05, 3.63) is 212 Å². The van der Waals surface area contributed by atoms with Crippen LogP contribution in [0.5, 0.6) is 0 Å². The lowest BCUT2D eigenvalue weighted by molar-refractivity contribution is 1.20. The van der Waals surface area contributed by atoms with Crippen LogP contribution < -0.4 is 0 Å². The Morgan fingerprint density at radius 2 is 0.691 bits per heavy atom. The molecule has 0 atom stereocenters. The van der Waals surface area contributed by atoms with E-state index in [1.54, 1.807) is 0 Å². The fourth-order valence-corrected chi connectivity index (χ4v) is 8.94. The van der Waals surface area contributed by atoms with Gasteiger partial charge in [0.05, 0.1) is 16.7 Å². The summed E-state index contributed by atoms with van der Waals surface area (Å²) < 4.78 is 2.47. The zero-order chi connectivity index (χ0) is 36.3. The van der Waals surface area contributed by atoms with Crippen molar-refractivity contribution in [1.82, 2.24) is 4.57 Å². The summed E-state index contributed by atoms with van der Waals surface area (Å²) in [5.41, 5.74) is 13.5. The summed E-state index contributed by atoms with van der Waals surface area (Å²) in [5.74, 6) is 0. The largest absolute Gasteiger partial charge is 0.309 e. The molecule has 0 aliphatic heterocycles. The van der Waals surface area contributed by atoms with E-state index in [0.29, 0.717) is 0 Å². The first-order valence-corrected chi connectivity index (χ1v) is 19.0. The quantitative estimate of drug-likeness (QED) is 0.158. The fourth-order valence-electron chi connectivity index (χ4n) is 8.94. The minimum absolute atomic E-state index is 1.18. The lowest BCUT2D eigenvalue weighted by Crippen LogP contribution is -1.96. The SMILES string of the molecule is c1ccc(-c2ccc(-c3ccc4c(c3)c3ccccc3n4-c3cccc4c(-c5c6ccccc6c(-c6ccccc6)c6ccccc56)cccc34)cc2)cc1. The van der Waals surface area contributed by atoms with Gasteiger partial charge in [-0.1, -0.05) is 188 Å². The van der Waals surface area contributed by atoms with Crippen molar-refractivity contribution in [2.75, 3.05) is 0 Å². The maximum atomic E-state index is 2.47. The second kappa shape index (κ2) is 12.7. The van der Waals surface area contributed by atoms with E-state index >= 15 is 0 Å². The van der Waals surface area contributed by atoms with E-state index in [9.17, 15) is 0 Å². The van der Waals surface area contributed by atoms with Crippen LogP contribution in [0.1, 0.15) is 0 Å². The van der Waals surface area contributed by atoms with Crippen molar-refractivity contribution < 1.29 is 0 Å². The van der Waals surface area contributed by atoms with Crippen molar-refractivity contribution in [3.8, 4) is 50.2 Å². The summed E-state index contributed by atoms with van der Waals surface area (Å²) >= 11 is 0. The van der Waals surface area contributed by atoms with Crippen LogP contribution in [0.3, 0.4) is 0 Å². The summed E-state index contributed by atoms with van der Waals surface area (Å²) in [6.07, 6.45) is 0. The molecule has 1 heteroatoms. The van der Waals surface area contributed by atoms with Gasteiger partial charge in [0.15, 0.2) is 0 Å². The highest BCUT2D eigenvalue weighted by molar-refractivity contribution is 6.24. The smallest absolute Gasteiger partial charge is 0.0541 e. The molecule has 11 aromatic rings. The molecule has 0 unspecified atom stereocenters. The summed E-state index contributed by atoms with van der Waals surface area (Å²) in [6.45, 7) is 0. The van der Waals surface area contributed by atoms with Crippen molar-refractivity contribution in [2.24, 2.45) is 0 Å². The first kappa shape index (κ1) is 31.3. The normalized spacial score (nSPS) is 11.6. The van der Waals surface area contributed by atoms with Crippen molar-refractivity contribution in [3.63, 3.8) is 0 Å². The number of fused-ring (bicyclic) bond motifs is 6. The molecule has 10 aromatic carbocycles. The van der Waals surface area contributed by atoms with Gasteiger partial charge in [0.2, 0.25) is 0 Å². The summed E-state index contributed by atoms with van der Waals surface area (Å²) in [6, 6.07) is 77.7. The molecule has 0 saturated heterocycles. The molecule has 1 aromatic heterocycles. The van der Waals surface area contributed by atoms with Gasteiger partial charge in [0.25, 0.3) is 0 Å². The predicted octanol–water partition coefficient (Wildman–Crippen LogP) is 14.9. The number of hydrogen-bond donors (Lipinski definition) is 0. The van der Waals surface area contributed by atoms with Crippen molar-refractivity contribution in [2.45, 2.75) is 0 Å². The number of benzene rings is 10. The van der Waals surface area contributed by atoms with Gasteiger partial charge in [-0.2, -0.15) is 0 Å². The Bertz CT molecular complexity index is 3170. The minimum Gasteiger partial charge on any atom is -0.309 e. The molecule has 0 radical (unpaired) electrons. The van der Waals surface area contributed by atoms with Gasteiger partial charge in [0.1, 0.15) is 0 Å². The van der Waals surface area contributed by atoms with E-state index in [0.717, 1.165) is 0 Å². The average Bonchev–Trinajstić information content (AvgIpc) is 3.59. The van der Waals surface area contributed by atoms with E-state index in [2.05, 4.69) is 217 Å². The number of hydrogen-bond acceptors (Lipinski definition) is 0. The molecule has 256 valence electrons. The first-order valence-electron chi connectivity index (χ1n) is 19.0. The van der Waals surface area contributed by atoms with Crippen LogP contribution in [0, 0.1) is 0 Å². The molecule has 0 fully saturated rings. The van der Waals surface area contributed by atoms with E-state index in [1.165, 1.54) is 104 Å². The fraction of sp³-hybridized carbons (Fsp3) is 0. The highest BCUT2D eigenvalue weighted by Crippen LogP contribution is 2.46. The van der Waals surface area contributed by atoms with E-state index in [1.807, 2.05) is 0 Å². The lowest BCUT2D eigenvalue weighted by Gasteiger charge is -2.19. The molecular weight excluding hydrogens is 663 g/mol. The first-order chi connectivity index (χ1) is 27.3. The molecule has 0 bridgehead atoms. The molecule has 0 spiro atoms. The van der Waals surface area contributed by atoms with Gasteiger partial charge in [0, 0.05) is 16.2 Å². The maximum absolute atomic E-state index is 2.47. The molecule has 1 heterocycles.